The number of ketones is 2. The van der Waals surface area contributed by atoms with Crippen LogP contribution >= 0.6 is 69.6 Å². The maximum Gasteiger partial charge on any atom is 0.258 e. The summed E-state index contributed by atoms with van der Waals surface area (Å²) in [4.78, 5) is 77.8. The minimum absolute atomic E-state index is 0.00484. The van der Waals surface area contributed by atoms with Crippen molar-refractivity contribution in [3.8, 4) is 0 Å². The number of carbonyl (C=O) groups is 6. The average Bonchev–Trinajstić information content (AvgIpc) is 3.21. The van der Waals surface area contributed by atoms with Crippen LogP contribution in [0.25, 0.3) is 0 Å². The second-order valence-corrected chi connectivity index (χ2v) is 15.8. The molecule has 0 radical (unpaired) electrons. The summed E-state index contributed by atoms with van der Waals surface area (Å²) < 4.78 is 0. The van der Waals surface area contributed by atoms with Gasteiger partial charge in [0.05, 0.1) is 31.5 Å². The molecular formula is C42H32Cl6N8O6. The molecule has 14 nitrogen and oxygen atoms in total. The number of rotatable bonds is 14. The van der Waals surface area contributed by atoms with Gasteiger partial charge in [0.2, 0.25) is 12.1 Å². The Balaban J connectivity index is 1.27. The second kappa shape index (κ2) is 20.9. The van der Waals surface area contributed by atoms with Crippen molar-refractivity contribution in [3.05, 3.63) is 137 Å². The minimum atomic E-state index is -1.69. The molecule has 2 atom stereocenters. The SMILES string of the molecule is CC(=O)C(N=Nc1cc(C(=O)Nc2cccc(Cl)c2C)ccc1Cl)C(=O)Nc1cc(Cl)c(NC(=O)C(N=Nc2cc(C(=O)Nc3cccc(Cl)c3C)ccc2Cl)C(C)=O)cc1Cl. The molecule has 0 aliphatic carbocycles. The van der Waals surface area contributed by atoms with Crippen molar-refractivity contribution in [2.75, 3.05) is 21.3 Å². The van der Waals surface area contributed by atoms with Gasteiger partial charge in [0.15, 0.2) is 11.6 Å². The van der Waals surface area contributed by atoms with E-state index in [1.54, 1.807) is 50.2 Å². The van der Waals surface area contributed by atoms with Crippen LogP contribution in [0.4, 0.5) is 34.1 Å². The number of halogens is 6. The Hall–Kier alpha value is -5.74. The lowest BCUT2D eigenvalue weighted by Gasteiger charge is -2.15. The molecule has 0 saturated carbocycles. The van der Waals surface area contributed by atoms with Crippen molar-refractivity contribution in [1.82, 2.24) is 0 Å². The van der Waals surface area contributed by atoms with Crippen LogP contribution < -0.4 is 21.3 Å². The van der Waals surface area contributed by atoms with Gasteiger partial charge in [-0.05, 0) is 112 Å². The van der Waals surface area contributed by atoms with Crippen LogP contribution in [0.15, 0.2) is 105 Å². The highest BCUT2D eigenvalue weighted by molar-refractivity contribution is 6.38. The maximum atomic E-state index is 13.3. The Kier molecular flexibility index (Phi) is 15.9. The summed E-state index contributed by atoms with van der Waals surface area (Å²) in [6.45, 7) is 5.72. The summed E-state index contributed by atoms with van der Waals surface area (Å²) in [6.07, 6.45) is 0. The van der Waals surface area contributed by atoms with E-state index in [4.69, 9.17) is 69.6 Å². The highest BCUT2D eigenvalue weighted by Gasteiger charge is 2.27. The van der Waals surface area contributed by atoms with Gasteiger partial charge in [-0.25, -0.2) is 0 Å². The number of nitrogens with one attached hydrogen (secondary N) is 4. The lowest BCUT2D eigenvalue weighted by molar-refractivity contribution is -0.127. The molecule has 0 heterocycles. The molecule has 20 heteroatoms. The van der Waals surface area contributed by atoms with E-state index in [2.05, 4.69) is 41.7 Å². The third-order valence-corrected chi connectivity index (χ3v) is 10.9. The molecule has 2 unspecified atom stereocenters. The van der Waals surface area contributed by atoms with Crippen LogP contribution in [-0.4, -0.2) is 47.3 Å². The van der Waals surface area contributed by atoms with Crippen molar-refractivity contribution in [2.45, 2.75) is 39.8 Å². The topological polar surface area (TPSA) is 200 Å². The van der Waals surface area contributed by atoms with E-state index in [0.717, 1.165) is 13.8 Å². The van der Waals surface area contributed by atoms with E-state index in [0.29, 0.717) is 32.5 Å². The van der Waals surface area contributed by atoms with Gasteiger partial charge in [0.25, 0.3) is 23.6 Å². The summed E-state index contributed by atoms with van der Waals surface area (Å²) in [7, 11) is 0. The number of Topliss-reactive ketones (excluding diaryl/α,β-unsaturated/α-hetero) is 2. The van der Waals surface area contributed by atoms with Gasteiger partial charge in [-0.3, -0.25) is 28.8 Å². The Labute approximate surface area is 384 Å². The largest absolute Gasteiger partial charge is 0.322 e. The third-order valence-electron chi connectivity index (χ3n) is 8.85. The van der Waals surface area contributed by atoms with Crippen molar-refractivity contribution in [3.63, 3.8) is 0 Å². The molecule has 0 aliphatic heterocycles. The Morgan fingerprint density at radius 1 is 0.452 bits per heavy atom. The smallest absolute Gasteiger partial charge is 0.258 e. The molecule has 5 aromatic carbocycles. The number of azo groups is 2. The lowest BCUT2D eigenvalue weighted by Crippen LogP contribution is -2.32. The van der Waals surface area contributed by atoms with Crippen LogP contribution in [0.5, 0.6) is 0 Å². The minimum Gasteiger partial charge on any atom is -0.322 e. The Bertz CT molecular complexity index is 2530. The number of carbonyl (C=O) groups excluding carboxylic acids is 6. The van der Waals surface area contributed by atoms with Crippen LogP contribution in [0, 0.1) is 13.8 Å². The predicted octanol–water partition coefficient (Wildman–Crippen LogP) is 12.1. The van der Waals surface area contributed by atoms with Crippen molar-refractivity contribution in [2.24, 2.45) is 20.5 Å². The van der Waals surface area contributed by atoms with Crippen molar-refractivity contribution < 1.29 is 28.8 Å². The summed E-state index contributed by atoms with van der Waals surface area (Å²) in [5.74, 6) is -4.31. The zero-order chi connectivity index (χ0) is 45.4. The molecule has 62 heavy (non-hydrogen) atoms. The highest BCUT2D eigenvalue weighted by atomic mass is 35.5. The van der Waals surface area contributed by atoms with Gasteiger partial charge in [0.1, 0.15) is 11.4 Å². The molecule has 0 aromatic heterocycles. The number of amides is 4. The summed E-state index contributed by atoms with van der Waals surface area (Å²) >= 11 is 37.8. The van der Waals surface area contributed by atoms with Gasteiger partial charge >= 0.3 is 0 Å². The standard InChI is InChI=1S/C42H32Cl6N8O6/c1-19-25(43)7-5-9-31(19)49-39(59)23-11-13-27(45)35(15-23)53-55-37(21(3)57)41(61)51-33-17-30(48)34(18-29(33)47)52-42(62)38(22(4)58)56-54-36-16-24(12-14-28(36)46)40(60)50-32-10-6-8-26(44)20(32)2/h5-18,37-38H,1-4H3,(H,49,59)(H,50,60)(H,51,61)(H,52,62). The first-order chi connectivity index (χ1) is 29.3. The summed E-state index contributed by atoms with van der Waals surface area (Å²) in [5.41, 5.74) is 2.46. The maximum absolute atomic E-state index is 13.3. The fourth-order valence-electron chi connectivity index (χ4n) is 5.35. The normalized spacial score (nSPS) is 12.2. The fraction of sp³-hybridized carbons (Fsp3) is 0.143. The van der Waals surface area contributed by atoms with Gasteiger partial charge in [0, 0.05) is 32.5 Å². The molecule has 0 aliphatic rings. The first kappa shape index (κ1) is 47.3. The summed E-state index contributed by atoms with van der Waals surface area (Å²) in [5, 5.41) is 27.0. The van der Waals surface area contributed by atoms with E-state index >= 15 is 0 Å². The number of anilines is 4. The van der Waals surface area contributed by atoms with E-state index < -0.39 is 47.3 Å². The average molecular weight is 957 g/mol. The molecular weight excluding hydrogens is 925 g/mol. The van der Waals surface area contributed by atoms with Crippen molar-refractivity contribution in [1.29, 1.82) is 0 Å². The molecule has 5 aromatic rings. The zero-order valence-corrected chi connectivity index (χ0v) is 37.3. The van der Waals surface area contributed by atoms with Crippen LogP contribution in [0.2, 0.25) is 30.1 Å². The van der Waals surface area contributed by atoms with Crippen molar-refractivity contribution >= 4 is 139 Å². The van der Waals surface area contributed by atoms with E-state index in [9.17, 15) is 28.8 Å². The Morgan fingerprint density at radius 3 is 1.18 bits per heavy atom. The quantitative estimate of drug-likeness (QED) is 0.0630. The molecule has 0 bridgehead atoms. The first-order valence-electron chi connectivity index (χ1n) is 18.0. The molecule has 318 valence electrons. The predicted molar refractivity (Wildman–Crippen MR) is 243 cm³/mol. The number of benzene rings is 5. The third kappa shape index (κ3) is 11.8. The number of hydrogen-bond acceptors (Lipinski definition) is 10. The van der Waals surface area contributed by atoms with E-state index in [1.807, 2.05) is 0 Å². The molecule has 4 amide bonds. The number of hydrogen-bond donors (Lipinski definition) is 4. The van der Waals surface area contributed by atoms with E-state index in [-0.39, 0.29) is 54.0 Å². The van der Waals surface area contributed by atoms with Gasteiger partial charge < -0.3 is 21.3 Å². The van der Waals surface area contributed by atoms with Crippen LogP contribution in [-0.2, 0) is 19.2 Å². The number of nitrogens with zero attached hydrogens (tertiary/aromatic N) is 4. The van der Waals surface area contributed by atoms with E-state index in [1.165, 1.54) is 48.5 Å². The Morgan fingerprint density at radius 2 is 0.823 bits per heavy atom. The first-order valence-corrected chi connectivity index (χ1v) is 20.3. The summed E-state index contributed by atoms with van der Waals surface area (Å²) in [6, 6.07) is 17.5. The van der Waals surface area contributed by atoms with Gasteiger partial charge in [-0.15, -0.1) is 0 Å². The molecule has 0 saturated heterocycles. The zero-order valence-electron chi connectivity index (χ0n) is 32.7. The molecule has 4 N–H and O–H groups in total. The molecule has 0 fully saturated rings. The van der Waals surface area contributed by atoms with Gasteiger partial charge in [-0.2, -0.15) is 20.5 Å². The van der Waals surface area contributed by atoms with Crippen LogP contribution in [0.3, 0.4) is 0 Å². The molecule has 0 spiro atoms. The lowest BCUT2D eigenvalue weighted by atomic mass is 10.1. The highest BCUT2D eigenvalue weighted by Crippen LogP contribution is 2.34. The fourth-order valence-corrected chi connectivity index (χ4v) is 6.43. The molecule has 5 rings (SSSR count). The van der Waals surface area contributed by atoms with Crippen LogP contribution in [0.1, 0.15) is 45.7 Å². The second-order valence-electron chi connectivity index (χ2n) is 13.3. The van der Waals surface area contributed by atoms with Gasteiger partial charge in [-0.1, -0.05) is 81.7 Å². The monoisotopic (exact) mass is 954 g/mol.